The van der Waals surface area contributed by atoms with Crippen LogP contribution in [0.3, 0.4) is 0 Å². The Balaban J connectivity index is 2.31. The quantitative estimate of drug-likeness (QED) is 0.875. The number of anilines is 1. The second-order valence-electron chi connectivity index (χ2n) is 3.80. The number of sulfonamides is 1. The van der Waals surface area contributed by atoms with E-state index >= 15 is 0 Å². The van der Waals surface area contributed by atoms with Gasteiger partial charge in [-0.05, 0) is 41.1 Å². The molecule has 0 aromatic carbocycles. The van der Waals surface area contributed by atoms with Crippen molar-refractivity contribution >= 4 is 43.0 Å². The summed E-state index contributed by atoms with van der Waals surface area (Å²) in [6.45, 7) is 1.63. The van der Waals surface area contributed by atoms with Crippen LogP contribution in [0.4, 0.5) is 5.69 Å². The Labute approximate surface area is 123 Å². The highest BCUT2D eigenvalue weighted by molar-refractivity contribution is 9.11. The Kier molecular flexibility index (Phi) is 4.24. The van der Waals surface area contributed by atoms with Crippen molar-refractivity contribution in [1.29, 1.82) is 0 Å². The Morgan fingerprint density at radius 3 is 2.74 bits per heavy atom. The Hall–Kier alpha value is -0.960. The van der Waals surface area contributed by atoms with E-state index in [2.05, 4.69) is 25.6 Å². The van der Waals surface area contributed by atoms with E-state index in [9.17, 15) is 8.42 Å². The fourth-order valence-electron chi connectivity index (χ4n) is 1.40. The third kappa shape index (κ3) is 3.33. The number of nitrogens with one attached hydrogen (secondary N) is 1. The molecule has 0 fully saturated rings. The Morgan fingerprint density at radius 1 is 1.47 bits per heavy atom. The van der Waals surface area contributed by atoms with Gasteiger partial charge in [0.1, 0.15) is 4.90 Å². The molecule has 0 bridgehead atoms. The lowest BCUT2D eigenvalue weighted by Gasteiger charge is -2.06. The number of aryl methyl sites for hydroxylation is 1. The van der Waals surface area contributed by atoms with Crippen molar-refractivity contribution < 1.29 is 13.5 Å². The van der Waals surface area contributed by atoms with E-state index in [0.717, 1.165) is 5.69 Å². The van der Waals surface area contributed by atoms with Crippen LogP contribution in [0.2, 0.25) is 0 Å². The van der Waals surface area contributed by atoms with Crippen LogP contribution in [0.1, 0.15) is 10.6 Å². The number of aromatic nitrogens is 1. The number of rotatable bonds is 4. The summed E-state index contributed by atoms with van der Waals surface area (Å²) in [5, 5.41) is 9.03. The van der Waals surface area contributed by atoms with Gasteiger partial charge < -0.3 is 5.11 Å². The average Bonchev–Trinajstić information content (AvgIpc) is 2.74. The van der Waals surface area contributed by atoms with Crippen molar-refractivity contribution in [3.05, 3.63) is 38.8 Å². The van der Waals surface area contributed by atoms with Gasteiger partial charge in [0.2, 0.25) is 0 Å². The number of hydrogen-bond acceptors (Lipinski definition) is 5. The molecule has 2 heterocycles. The standard InChI is InChI=1S/C11H11BrN2O3S2/c1-7-2-3-8(5-13-7)14-19(16,17)10-4-9(6-15)18-11(10)12/h2-5,14-15H,6H2,1H3. The second-order valence-corrected chi connectivity index (χ2v) is 7.91. The summed E-state index contributed by atoms with van der Waals surface area (Å²) < 4.78 is 27.3. The molecule has 19 heavy (non-hydrogen) atoms. The van der Waals surface area contributed by atoms with Crippen molar-refractivity contribution in [1.82, 2.24) is 4.98 Å². The fourth-order valence-corrected chi connectivity index (χ4v) is 4.98. The maximum Gasteiger partial charge on any atom is 0.263 e. The summed E-state index contributed by atoms with van der Waals surface area (Å²) in [6.07, 6.45) is 1.46. The highest BCUT2D eigenvalue weighted by Gasteiger charge is 2.21. The van der Waals surface area contributed by atoms with E-state index in [1.54, 1.807) is 12.1 Å². The van der Waals surface area contributed by atoms with E-state index in [4.69, 9.17) is 5.11 Å². The van der Waals surface area contributed by atoms with Gasteiger partial charge in [-0.1, -0.05) is 0 Å². The fraction of sp³-hybridized carbons (Fsp3) is 0.182. The van der Waals surface area contributed by atoms with E-state index in [1.165, 1.54) is 23.6 Å². The van der Waals surface area contributed by atoms with Crippen LogP contribution in [0.25, 0.3) is 0 Å². The number of nitrogens with zero attached hydrogens (tertiary/aromatic N) is 1. The van der Waals surface area contributed by atoms with E-state index in [0.29, 0.717) is 14.4 Å². The van der Waals surface area contributed by atoms with Crippen LogP contribution < -0.4 is 4.72 Å². The van der Waals surface area contributed by atoms with Crippen molar-refractivity contribution in [2.75, 3.05) is 4.72 Å². The van der Waals surface area contributed by atoms with Gasteiger partial charge in [0.05, 0.1) is 22.3 Å². The first-order chi connectivity index (χ1) is 8.92. The molecule has 2 aromatic heterocycles. The number of thiophene rings is 1. The van der Waals surface area contributed by atoms with Gasteiger partial charge in [-0.15, -0.1) is 11.3 Å². The van der Waals surface area contributed by atoms with Crippen LogP contribution in [0.5, 0.6) is 0 Å². The van der Waals surface area contributed by atoms with Gasteiger partial charge in [-0.25, -0.2) is 8.42 Å². The summed E-state index contributed by atoms with van der Waals surface area (Å²) in [5.41, 5.74) is 1.21. The molecule has 8 heteroatoms. The van der Waals surface area contributed by atoms with Crippen molar-refractivity contribution in [3.8, 4) is 0 Å². The zero-order valence-corrected chi connectivity index (χ0v) is 13.1. The molecule has 0 radical (unpaired) electrons. The zero-order valence-electron chi connectivity index (χ0n) is 9.92. The third-order valence-corrected chi connectivity index (χ3v) is 5.93. The minimum Gasteiger partial charge on any atom is -0.391 e. The van der Waals surface area contributed by atoms with Gasteiger partial charge in [-0.3, -0.25) is 9.71 Å². The second kappa shape index (κ2) is 5.58. The molecule has 2 N–H and O–H groups in total. The molecule has 0 amide bonds. The van der Waals surface area contributed by atoms with Gasteiger partial charge in [0, 0.05) is 10.6 Å². The Bertz CT molecular complexity index is 680. The van der Waals surface area contributed by atoms with Crippen molar-refractivity contribution in [2.24, 2.45) is 0 Å². The summed E-state index contributed by atoms with van der Waals surface area (Å²) in [6, 6.07) is 4.81. The van der Waals surface area contributed by atoms with Gasteiger partial charge >= 0.3 is 0 Å². The maximum absolute atomic E-state index is 12.2. The minimum absolute atomic E-state index is 0.113. The van der Waals surface area contributed by atoms with Crippen molar-refractivity contribution in [2.45, 2.75) is 18.4 Å². The molecule has 2 rings (SSSR count). The lowest BCUT2D eigenvalue weighted by molar-refractivity contribution is 0.285. The van der Waals surface area contributed by atoms with Crippen molar-refractivity contribution in [3.63, 3.8) is 0 Å². The summed E-state index contributed by atoms with van der Waals surface area (Å²) in [7, 11) is -3.68. The Morgan fingerprint density at radius 2 is 2.21 bits per heavy atom. The van der Waals surface area contributed by atoms with Crippen LogP contribution in [-0.2, 0) is 16.6 Å². The molecular weight excluding hydrogens is 352 g/mol. The summed E-state index contributed by atoms with van der Waals surface area (Å²) in [5.74, 6) is 0. The molecule has 0 spiro atoms. The first kappa shape index (κ1) is 14.4. The summed E-state index contributed by atoms with van der Waals surface area (Å²) >= 11 is 4.38. The molecule has 0 aliphatic heterocycles. The largest absolute Gasteiger partial charge is 0.391 e. The molecule has 0 atom stereocenters. The van der Waals surface area contributed by atoms with Gasteiger partial charge in [0.15, 0.2) is 0 Å². The molecule has 0 saturated carbocycles. The molecule has 0 saturated heterocycles. The minimum atomic E-state index is -3.68. The molecule has 0 unspecified atom stereocenters. The van der Waals surface area contributed by atoms with Crippen LogP contribution >= 0.6 is 27.3 Å². The highest BCUT2D eigenvalue weighted by Crippen LogP contribution is 2.32. The summed E-state index contributed by atoms with van der Waals surface area (Å²) in [4.78, 5) is 4.72. The van der Waals surface area contributed by atoms with E-state index in [-0.39, 0.29) is 11.5 Å². The zero-order chi connectivity index (χ0) is 14.0. The first-order valence-electron chi connectivity index (χ1n) is 5.27. The molecule has 0 aliphatic carbocycles. The average molecular weight is 363 g/mol. The molecule has 2 aromatic rings. The predicted molar refractivity (Wildman–Crippen MR) is 77.7 cm³/mol. The monoisotopic (exact) mass is 362 g/mol. The molecular formula is C11H11BrN2O3S2. The molecule has 102 valence electrons. The third-order valence-electron chi connectivity index (χ3n) is 2.32. The number of pyridine rings is 1. The SMILES string of the molecule is Cc1ccc(NS(=O)(=O)c2cc(CO)sc2Br)cn1. The normalized spacial score (nSPS) is 11.5. The van der Waals surface area contributed by atoms with Crippen LogP contribution in [-0.4, -0.2) is 18.5 Å². The topological polar surface area (TPSA) is 79.3 Å². The number of aliphatic hydroxyl groups is 1. The maximum atomic E-state index is 12.2. The van der Waals surface area contributed by atoms with Gasteiger partial charge in [0.25, 0.3) is 10.0 Å². The van der Waals surface area contributed by atoms with E-state index in [1.807, 2.05) is 6.92 Å². The predicted octanol–water partition coefficient (Wildman–Crippen LogP) is 2.51. The molecule has 5 nitrogen and oxygen atoms in total. The van der Waals surface area contributed by atoms with Gasteiger partial charge in [-0.2, -0.15) is 0 Å². The highest BCUT2D eigenvalue weighted by atomic mass is 79.9. The number of halogens is 1. The van der Waals surface area contributed by atoms with Crippen LogP contribution in [0, 0.1) is 6.92 Å². The van der Waals surface area contributed by atoms with E-state index < -0.39 is 10.0 Å². The van der Waals surface area contributed by atoms with Crippen LogP contribution in [0.15, 0.2) is 33.1 Å². The first-order valence-corrected chi connectivity index (χ1v) is 8.36. The number of aliphatic hydroxyl groups excluding tert-OH is 1. The smallest absolute Gasteiger partial charge is 0.263 e. The lowest BCUT2D eigenvalue weighted by atomic mass is 10.4. The molecule has 0 aliphatic rings. The lowest BCUT2D eigenvalue weighted by Crippen LogP contribution is -2.12. The number of hydrogen-bond donors (Lipinski definition) is 2.